The molecule has 1 aliphatic rings. The molecule has 9 heteroatoms. The molecular weight excluding hydrogens is 487 g/mol. The molecule has 0 saturated carbocycles. The van der Waals surface area contributed by atoms with Crippen molar-refractivity contribution in [1.82, 2.24) is 14.9 Å². The van der Waals surface area contributed by atoms with Gasteiger partial charge in [-0.05, 0) is 60.0 Å². The summed E-state index contributed by atoms with van der Waals surface area (Å²) in [5, 5.41) is 4.09. The molecule has 38 heavy (non-hydrogen) atoms. The van der Waals surface area contributed by atoms with E-state index in [2.05, 4.69) is 21.9 Å². The van der Waals surface area contributed by atoms with E-state index in [1.807, 2.05) is 31.2 Å². The molecular formula is C29H27FN4O4. The van der Waals surface area contributed by atoms with Crippen LogP contribution in [-0.2, 0) is 4.79 Å². The van der Waals surface area contributed by atoms with Crippen LogP contribution < -0.4 is 19.5 Å². The van der Waals surface area contributed by atoms with Gasteiger partial charge in [-0.25, -0.2) is 14.4 Å². The molecule has 1 fully saturated rings. The number of aryl methyl sites for hydroxylation is 1. The lowest BCUT2D eigenvalue weighted by atomic mass is 9.99. The van der Waals surface area contributed by atoms with Crippen LogP contribution in [0, 0.1) is 12.7 Å². The van der Waals surface area contributed by atoms with Crippen LogP contribution in [0.5, 0.6) is 17.2 Å². The molecule has 1 aliphatic heterocycles. The van der Waals surface area contributed by atoms with E-state index in [1.165, 1.54) is 24.5 Å². The van der Waals surface area contributed by atoms with E-state index in [4.69, 9.17) is 14.2 Å². The number of fused-ring (bicyclic) bond motifs is 1. The van der Waals surface area contributed by atoms with Gasteiger partial charge in [0.05, 0.1) is 38.5 Å². The fourth-order valence-electron chi connectivity index (χ4n) is 4.47. The Balaban J connectivity index is 1.49. The predicted molar refractivity (Wildman–Crippen MR) is 144 cm³/mol. The van der Waals surface area contributed by atoms with Crippen LogP contribution in [0.3, 0.4) is 0 Å². The molecule has 1 aromatic heterocycles. The number of likely N-dealkylation sites (tertiary alicyclic amines) is 1. The molecule has 1 amide bonds. The topological polar surface area (TPSA) is 85.8 Å². The highest BCUT2D eigenvalue weighted by atomic mass is 19.1. The number of carbonyl (C=O) groups excluding carboxylic acids is 1. The summed E-state index contributed by atoms with van der Waals surface area (Å²) in [6.07, 6.45) is 2.60. The van der Waals surface area contributed by atoms with E-state index in [-0.39, 0.29) is 17.8 Å². The number of carbonyl (C=O) groups is 1. The number of rotatable bonds is 8. The van der Waals surface area contributed by atoms with Crippen LogP contribution in [0.25, 0.3) is 22.0 Å². The van der Waals surface area contributed by atoms with Gasteiger partial charge in [-0.2, -0.15) is 0 Å². The molecule has 0 bridgehead atoms. The first-order valence-corrected chi connectivity index (χ1v) is 12.0. The van der Waals surface area contributed by atoms with Crippen molar-refractivity contribution in [2.45, 2.75) is 13.0 Å². The zero-order chi connectivity index (χ0) is 26.8. The van der Waals surface area contributed by atoms with Crippen LogP contribution >= 0.6 is 0 Å². The number of hydrogen-bond acceptors (Lipinski definition) is 7. The molecule has 0 unspecified atom stereocenters. The number of nitrogens with one attached hydrogen (secondary N) is 1. The van der Waals surface area contributed by atoms with Gasteiger partial charge in [-0.1, -0.05) is 18.7 Å². The molecule has 2 heterocycles. The molecule has 3 aromatic carbocycles. The minimum atomic E-state index is -0.277. The van der Waals surface area contributed by atoms with Gasteiger partial charge in [0.15, 0.2) is 11.5 Å². The van der Waals surface area contributed by atoms with Crippen molar-refractivity contribution in [2.24, 2.45) is 0 Å². The second kappa shape index (κ2) is 10.4. The summed E-state index contributed by atoms with van der Waals surface area (Å²) in [5.41, 5.74) is 3.98. The zero-order valence-corrected chi connectivity index (χ0v) is 21.3. The SMILES string of the molecule is C=CC(=O)N1CC(Oc2cc3c(Nc4cc(-c5ccc(F)cc5C)ccc4OC)ncnc3cc2OC)C1. The monoisotopic (exact) mass is 514 g/mol. The summed E-state index contributed by atoms with van der Waals surface area (Å²) in [5.74, 6) is 1.82. The Morgan fingerprint density at radius 1 is 1.05 bits per heavy atom. The molecule has 8 nitrogen and oxygen atoms in total. The number of hydrogen-bond donors (Lipinski definition) is 1. The van der Waals surface area contributed by atoms with Crippen molar-refractivity contribution >= 4 is 28.3 Å². The maximum atomic E-state index is 13.7. The van der Waals surface area contributed by atoms with E-state index < -0.39 is 0 Å². The van der Waals surface area contributed by atoms with Crippen molar-refractivity contribution in [1.29, 1.82) is 0 Å². The third kappa shape index (κ3) is 4.82. The van der Waals surface area contributed by atoms with Gasteiger partial charge in [-0.15, -0.1) is 0 Å². The number of ether oxygens (including phenoxy) is 3. The van der Waals surface area contributed by atoms with Crippen LogP contribution in [0.2, 0.25) is 0 Å². The number of benzene rings is 3. The standard InChI is InChI=1S/C29H27FN4O4/c1-5-28(35)34-14-20(15-34)38-27-12-22-23(13-26(27)37-4)31-16-32-29(22)33-24-11-18(6-9-25(24)36-3)21-8-7-19(30)10-17(21)2/h5-13,16,20H,1,14-15H2,2-4H3,(H,31,32,33). The number of nitrogens with zero attached hydrogens (tertiary/aromatic N) is 3. The molecule has 0 atom stereocenters. The molecule has 0 radical (unpaired) electrons. The molecule has 4 aromatic rings. The average molecular weight is 515 g/mol. The minimum absolute atomic E-state index is 0.123. The lowest BCUT2D eigenvalue weighted by molar-refractivity contribution is -0.134. The molecule has 0 spiro atoms. The van der Waals surface area contributed by atoms with Crippen LogP contribution in [0.15, 0.2) is 67.5 Å². The van der Waals surface area contributed by atoms with Crippen molar-refractivity contribution in [3.63, 3.8) is 0 Å². The molecule has 5 rings (SSSR count). The van der Waals surface area contributed by atoms with Crippen LogP contribution in [0.4, 0.5) is 15.9 Å². The smallest absolute Gasteiger partial charge is 0.246 e. The fraction of sp³-hybridized carbons (Fsp3) is 0.207. The number of anilines is 2. The maximum Gasteiger partial charge on any atom is 0.246 e. The second-order valence-electron chi connectivity index (χ2n) is 8.93. The highest BCUT2D eigenvalue weighted by Crippen LogP contribution is 2.38. The summed E-state index contributed by atoms with van der Waals surface area (Å²) in [7, 11) is 3.16. The highest BCUT2D eigenvalue weighted by Gasteiger charge is 2.31. The van der Waals surface area contributed by atoms with Crippen LogP contribution in [-0.4, -0.2) is 54.2 Å². The normalized spacial score (nSPS) is 13.1. The van der Waals surface area contributed by atoms with E-state index in [0.29, 0.717) is 52.7 Å². The van der Waals surface area contributed by atoms with Crippen molar-refractivity contribution in [3.8, 4) is 28.4 Å². The molecule has 1 saturated heterocycles. The first-order chi connectivity index (χ1) is 18.4. The van der Waals surface area contributed by atoms with Gasteiger partial charge >= 0.3 is 0 Å². The highest BCUT2D eigenvalue weighted by molar-refractivity contribution is 5.94. The quantitative estimate of drug-likeness (QED) is 0.320. The summed E-state index contributed by atoms with van der Waals surface area (Å²) in [6, 6.07) is 14.1. The van der Waals surface area contributed by atoms with Gasteiger partial charge in [0.25, 0.3) is 0 Å². The predicted octanol–water partition coefficient (Wildman–Crippen LogP) is 5.28. The summed E-state index contributed by atoms with van der Waals surface area (Å²) in [4.78, 5) is 22.3. The molecule has 194 valence electrons. The van der Waals surface area contributed by atoms with E-state index in [1.54, 1.807) is 31.3 Å². The Bertz CT molecular complexity index is 1540. The van der Waals surface area contributed by atoms with Gasteiger partial charge in [0, 0.05) is 11.5 Å². The lowest BCUT2D eigenvalue weighted by Crippen LogP contribution is -2.55. The van der Waals surface area contributed by atoms with Gasteiger partial charge in [0.2, 0.25) is 5.91 Å². The number of aromatic nitrogens is 2. The maximum absolute atomic E-state index is 13.7. The molecule has 1 N–H and O–H groups in total. The first-order valence-electron chi connectivity index (χ1n) is 12.0. The lowest BCUT2D eigenvalue weighted by Gasteiger charge is -2.38. The third-order valence-corrected chi connectivity index (χ3v) is 6.50. The summed E-state index contributed by atoms with van der Waals surface area (Å²) >= 11 is 0. The van der Waals surface area contributed by atoms with Crippen molar-refractivity contribution < 1.29 is 23.4 Å². The van der Waals surface area contributed by atoms with E-state index in [9.17, 15) is 9.18 Å². The largest absolute Gasteiger partial charge is 0.495 e. The van der Waals surface area contributed by atoms with E-state index in [0.717, 1.165) is 16.7 Å². The first kappa shape index (κ1) is 25.0. The third-order valence-electron chi connectivity index (χ3n) is 6.50. The van der Waals surface area contributed by atoms with Gasteiger partial charge in [-0.3, -0.25) is 4.79 Å². The second-order valence-corrected chi connectivity index (χ2v) is 8.93. The fourth-order valence-corrected chi connectivity index (χ4v) is 4.47. The van der Waals surface area contributed by atoms with Gasteiger partial charge in [0.1, 0.15) is 29.8 Å². The molecule has 0 aliphatic carbocycles. The Hall–Kier alpha value is -4.66. The number of amides is 1. The average Bonchev–Trinajstić information content (AvgIpc) is 2.90. The summed E-state index contributed by atoms with van der Waals surface area (Å²) in [6.45, 7) is 6.33. The number of methoxy groups -OCH3 is 2. The van der Waals surface area contributed by atoms with Crippen molar-refractivity contribution in [3.05, 3.63) is 78.9 Å². The van der Waals surface area contributed by atoms with Crippen LogP contribution in [0.1, 0.15) is 5.56 Å². The van der Waals surface area contributed by atoms with E-state index >= 15 is 0 Å². The summed E-state index contributed by atoms with van der Waals surface area (Å²) < 4.78 is 31.0. The van der Waals surface area contributed by atoms with Crippen molar-refractivity contribution in [2.75, 3.05) is 32.6 Å². The Morgan fingerprint density at radius 3 is 2.55 bits per heavy atom. The van der Waals surface area contributed by atoms with Gasteiger partial charge < -0.3 is 24.4 Å². The zero-order valence-electron chi connectivity index (χ0n) is 21.3. The Labute approximate surface area is 219 Å². The Kier molecular flexibility index (Phi) is 6.83. The number of halogens is 1. The Morgan fingerprint density at radius 2 is 1.84 bits per heavy atom. The minimum Gasteiger partial charge on any atom is -0.495 e.